The Hall–Kier alpha value is -2.54. The van der Waals surface area contributed by atoms with Crippen LogP contribution in [0.1, 0.15) is 12.5 Å². The maximum atomic E-state index is 13.4. The zero-order valence-electron chi connectivity index (χ0n) is 14.9. The van der Waals surface area contributed by atoms with Gasteiger partial charge in [-0.15, -0.1) is 0 Å². The van der Waals surface area contributed by atoms with Crippen LogP contribution in [0.4, 0.5) is 14.6 Å². The minimum atomic E-state index is -0.529. The number of fused-ring (bicyclic) bond motifs is 1. The van der Waals surface area contributed by atoms with Gasteiger partial charge in [0.05, 0.1) is 5.39 Å². The van der Waals surface area contributed by atoms with E-state index in [9.17, 15) is 8.78 Å². The van der Waals surface area contributed by atoms with E-state index in [1.165, 1.54) is 12.1 Å². The molecule has 0 N–H and O–H groups in total. The summed E-state index contributed by atoms with van der Waals surface area (Å²) in [6, 6.07) is 5.99. The van der Waals surface area contributed by atoms with Crippen LogP contribution in [0, 0.1) is 11.6 Å². The fourth-order valence-electron chi connectivity index (χ4n) is 3.68. The zero-order valence-corrected chi connectivity index (χ0v) is 14.9. The first-order valence-corrected chi connectivity index (χ1v) is 8.71. The van der Waals surface area contributed by atoms with Crippen LogP contribution < -0.4 is 4.90 Å². The summed E-state index contributed by atoms with van der Waals surface area (Å²) in [6.07, 6.45) is 3.59. The van der Waals surface area contributed by atoms with Gasteiger partial charge in [0.15, 0.2) is 0 Å². The number of nitrogens with zero attached hydrogens (tertiary/aromatic N) is 5. The lowest BCUT2D eigenvalue weighted by Gasteiger charge is -2.40. The molecule has 26 heavy (non-hydrogen) atoms. The van der Waals surface area contributed by atoms with Crippen LogP contribution in [0.15, 0.2) is 36.8 Å². The van der Waals surface area contributed by atoms with Crippen molar-refractivity contribution in [3.63, 3.8) is 0 Å². The van der Waals surface area contributed by atoms with Crippen molar-refractivity contribution in [1.82, 2.24) is 19.4 Å². The molecule has 1 atom stereocenters. The van der Waals surface area contributed by atoms with Gasteiger partial charge in [-0.3, -0.25) is 4.90 Å². The number of aromatic nitrogens is 3. The second kappa shape index (κ2) is 6.64. The number of aryl methyl sites for hydroxylation is 1. The van der Waals surface area contributed by atoms with Gasteiger partial charge in [-0.25, -0.2) is 18.7 Å². The van der Waals surface area contributed by atoms with E-state index >= 15 is 0 Å². The molecule has 3 aromatic rings. The molecule has 136 valence electrons. The van der Waals surface area contributed by atoms with Gasteiger partial charge in [-0.1, -0.05) is 0 Å². The molecular weight excluding hydrogens is 336 g/mol. The normalized spacial score (nSPS) is 18.6. The van der Waals surface area contributed by atoms with Crippen molar-refractivity contribution in [1.29, 1.82) is 0 Å². The van der Waals surface area contributed by atoms with Crippen molar-refractivity contribution in [2.75, 3.05) is 24.5 Å². The van der Waals surface area contributed by atoms with Crippen LogP contribution in [0.5, 0.6) is 0 Å². The number of anilines is 1. The standard InChI is InChI=1S/C19H21F2N5/c1-13-10-26(19-17-3-4-24(2)18(17)22-12-23-19)6-5-25(13)11-14-7-15(20)9-16(21)8-14/h3-4,7-9,12-13H,5-6,10-11H2,1-2H3. The van der Waals surface area contributed by atoms with Gasteiger partial charge in [-0.05, 0) is 30.7 Å². The predicted molar refractivity (Wildman–Crippen MR) is 97.0 cm³/mol. The van der Waals surface area contributed by atoms with Crippen molar-refractivity contribution in [3.8, 4) is 0 Å². The van der Waals surface area contributed by atoms with Crippen LogP contribution in [0.3, 0.4) is 0 Å². The number of hydrogen-bond acceptors (Lipinski definition) is 4. The summed E-state index contributed by atoms with van der Waals surface area (Å²) in [7, 11) is 1.97. The molecule has 1 fully saturated rings. The Morgan fingerprint density at radius 3 is 2.62 bits per heavy atom. The SMILES string of the molecule is CC1CN(c2ncnc3c2ccn3C)CCN1Cc1cc(F)cc(F)c1. The Kier molecular flexibility index (Phi) is 4.32. The Labute approximate surface area is 150 Å². The van der Waals surface area contributed by atoms with E-state index < -0.39 is 11.6 Å². The molecule has 3 heterocycles. The molecule has 1 aliphatic heterocycles. The van der Waals surface area contributed by atoms with E-state index in [1.807, 2.05) is 23.9 Å². The topological polar surface area (TPSA) is 37.2 Å². The quantitative estimate of drug-likeness (QED) is 0.722. The molecule has 2 aromatic heterocycles. The van der Waals surface area contributed by atoms with E-state index in [0.717, 1.165) is 42.6 Å². The van der Waals surface area contributed by atoms with Crippen LogP contribution in [-0.2, 0) is 13.6 Å². The monoisotopic (exact) mass is 357 g/mol. The third kappa shape index (κ3) is 3.14. The molecule has 0 aliphatic carbocycles. The molecule has 0 amide bonds. The summed E-state index contributed by atoms with van der Waals surface area (Å²) in [6.45, 7) is 5.08. The Morgan fingerprint density at radius 2 is 1.88 bits per heavy atom. The number of rotatable bonds is 3. The number of halogens is 2. The first kappa shape index (κ1) is 16.9. The van der Waals surface area contributed by atoms with Gasteiger partial charge < -0.3 is 9.47 Å². The fraction of sp³-hybridized carbons (Fsp3) is 0.368. The lowest BCUT2D eigenvalue weighted by molar-refractivity contribution is 0.180. The van der Waals surface area contributed by atoms with Gasteiger partial charge in [-0.2, -0.15) is 0 Å². The first-order valence-electron chi connectivity index (χ1n) is 8.71. The molecule has 4 rings (SSSR count). The molecule has 1 saturated heterocycles. The van der Waals surface area contributed by atoms with Crippen LogP contribution >= 0.6 is 0 Å². The van der Waals surface area contributed by atoms with E-state index in [-0.39, 0.29) is 6.04 Å². The van der Waals surface area contributed by atoms with Gasteiger partial charge in [0.25, 0.3) is 0 Å². The second-order valence-electron chi connectivity index (χ2n) is 6.90. The molecule has 5 nitrogen and oxygen atoms in total. The molecule has 0 radical (unpaired) electrons. The highest BCUT2D eigenvalue weighted by molar-refractivity contribution is 5.87. The van der Waals surface area contributed by atoms with E-state index in [2.05, 4.69) is 26.7 Å². The van der Waals surface area contributed by atoms with Crippen LogP contribution in [0.2, 0.25) is 0 Å². The minimum absolute atomic E-state index is 0.240. The average Bonchev–Trinajstić information content (AvgIpc) is 2.97. The number of benzene rings is 1. The van der Waals surface area contributed by atoms with Gasteiger partial charge in [0, 0.05) is 51.5 Å². The highest BCUT2D eigenvalue weighted by Crippen LogP contribution is 2.26. The van der Waals surface area contributed by atoms with Crippen LogP contribution in [0.25, 0.3) is 11.0 Å². The minimum Gasteiger partial charge on any atom is -0.353 e. The molecule has 0 bridgehead atoms. The maximum Gasteiger partial charge on any atom is 0.145 e. The van der Waals surface area contributed by atoms with Gasteiger partial charge in [0.2, 0.25) is 0 Å². The van der Waals surface area contributed by atoms with Gasteiger partial charge >= 0.3 is 0 Å². The Bertz CT molecular complexity index is 919. The molecule has 1 unspecified atom stereocenters. The third-order valence-electron chi connectivity index (χ3n) is 5.01. The highest BCUT2D eigenvalue weighted by atomic mass is 19.1. The van der Waals surface area contributed by atoms with Crippen molar-refractivity contribution in [3.05, 3.63) is 54.0 Å². The largest absolute Gasteiger partial charge is 0.353 e. The zero-order chi connectivity index (χ0) is 18.3. The summed E-state index contributed by atoms with van der Waals surface area (Å²) in [5, 5.41) is 1.04. The third-order valence-corrected chi connectivity index (χ3v) is 5.01. The Morgan fingerprint density at radius 1 is 1.12 bits per heavy atom. The summed E-state index contributed by atoms with van der Waals surface area (Å²) in [5.41, 5.74) is 1.58. The maximum absolute atomic E-state index is 13.4. The summed E-state index contributed by atoms with van der Waals surface area (Å²) < 4.78 is 28.8. The van der Waals surface area contributed by atoms with E-state index in [0.29, 0.717) is 12.1 Å². The highest BCUT2D eigenvalue weighted by Gasteiger charge is 2.26. The van der Waals surface area contributed by atoms with Crippen molar-refractivity contribution in [2.45, 2.75) is 19.5 Å². The second-order valence-corrected chi connectivity index (χ2v) is 6.90. The predicted octanol–water partition coefficient (Wildman–Crippen LogP) is 2.96. The van der Waals surface area contributed by atoms with Crippen LogP contribution in [-0.4, -0.2) is 45.1 Å². The number of piperazine rings is 1. The van der Waals surface area contributed by atoms with Gasteiger partial charge in [0.1, 0.15) is 29.4 Å². The lowest BCUT2D eigenvalue weighted by Crippen LogP contribution is -2.51. The summed E-state index contributed by atoms with van der Waals surface area (Å²) in [5.74, 6) is -0.114. The number of hydrogen-bond donors (Lipinski definition) is 0. The molecule has 7 heteroatoms. The molecule has 0 spiro atoms. The molecular formula is C19H21F2N5. The first-order chi connectivity index (χ1) is 12.5. The Balaban J connectivity index is 1.51. The molecule has 0 saturated carbocycles. The summed E-state index contributed by atoms with van der Waals surface area (Å²) >= 11 is 0. The van der Waals surface area contributed by atoms with Crippen molar-refractivity contribution in [2.24, 2.45) is 7.05 Å². The van der Waals surface area contributed by atoms with Crippen molar-refractivity contribution < 1.29 is 8.78 Å². The fourth-order valence-corrected chi connectivity index (χ4v) is 3.68. The average molecular weight is 357 g/mol. The molecule has 1 aliphatic rings. The smallest absolute Gasteiger partial charge is 0.145 e. The van der Waals surface area contributed by atoms with Crippen molar-refractivity contribution >= 4 is 16.9 Å². The van der Waals surface area contributed by atoms with E-state index in [4.69, 9.17) is 0 Å². The van der Waals surface area contributed by atoms with E-state index in [1.54, 1.807) is 6.33 Å². The molecule has 1 aromatic carbocycles. The lowest BCUT2D eigenvalue weighted by atomic mass is 10.1. The summed E-state index contributed by atoms with van der Waals surface area (Å²) in [4.78, 5) is 13.3.